The summed E-state index contributed by atoms with van der Waals surface area (Å²) in [4.78, 5) is 0. The maximum atomic E-state index is 9.03. The van der Waals surface area contributed by atoms with Crippen LogP contribution in [-0.2, 0) is 14.2 Å². The first kappa shape index (κ1) is 10.0. The highest BCUT2D eigenvalue weighted by Crippen LogP contribution is 2.40. The van der Waals surface area contributed by atoms with Crippen LogP contribution in [0.5, 0.6) is 0 Å². The fourth-order valence-electron chi connectivity index (χ4n) is 2.63. The topological polar surface area (TPSA) is 51.2 Å². The van der Waals surface area contributed by atoms with Gasteiger partial charge in [-0.1, -0.05) is 19.3 Å². The van der Waals surface area contributed by atoms with E-state index in [1.165, 1.54) is 19.3 Å². The number of hydrogen-bond donors (Lipinski definition) is 1. The third kappa shape index (κ3) is 1.91. The second-order valence-electron chi connectivity index (χ2n) is 4.69. The number of hydrogen-bond acceptors (Lipinski definition) is 4. The Morgan fingerprint density at radius 1 is 1.07 bits per heavy atom. The van der Waals surface area contributed by atoms with Crippen molar-refractivity contribution in [3.8, 4) is 0 Å². The van der Waals surface area contributed by atoms with Gasteiger partial charge in [0.05, 0.1) is 12.7 Å². The van der Waals surface area contributed by atoms with Crippen LogP contribution >= 0.6 is 0 Å². The first-order valence-corrected chi connectivity index (χ1v) is 5.96. The molecule has 2 aliphatic heterocycles. The highest BCUT2D eigenvalue weighted by atomic mass is 16.8. The smallest absolute Gasteiger partial charge is 0.187 e. The van der Waals surface area contributed by atoms with Gasteiger partial charge in [0.15, 0.2) is 6.29 Å². The van der Waals surface area contributed by atoms with E-state index in [1.807, 2.05) is 0 Å². The van der Waals surface area contributed by atoms with Gasteiger partial charge in [-0.2, -0.15) is 0 Å². The maximum absolute atomic E-state index is 9.03. The fourth-order valence-corrected chi connectivity index (χ4v) is 2.63. The molecule has 0 spiro atoms. The SMILES string of the molecule is OC[C@H]1O[C@@H](OC2CCCCC2)[C@@H]2O[C@@H]21. The summed E-state index contributed by atoms with van der Waals surface area (Å²) in [6.45, 7) is 0.0334. The molecule has 1 saturated carbocycles. The van der Waals surface area contributed by atoms with Crippen molar-refractivity contribution in [2.24, 2.45) is 0 Å². The standard InChI is InChI=1S/C11H18O4/c12-6-8-9-10(15-9)11(14-8)13-7-4-2-1-3-5-7/h7-12H,1-6H2/t8-,9-,10-,11-/m1/s1. The van der Waals surface area contributed by atoms with Gasteiger partial charge >= 0.3 is 0 Å². The van der Waals surface area contributed by atoms with Crippen LogP contribution in [-0.4, -0.2) is 42.4 Å². The molecule has 1 N–H and O–H groups in total. The highest BCUT2D eigenvalue weighted by Gasteiger charge is 2.59. The lowest BCUT2D eigenvalue weighted by Crippen LogP contribution is -2.30. The van der Waals surface area contributed by atoms with Crippen LogP contribution in [0.3, 0.4) is 0 Å². The van der Waals surface area contributed by atoms with E-state index in [0.29, 0.717) is 6.10 Å². The van der Waals surface area contributed by atoms with Crippen molar-refractivity contribution >= 4 is 0 Å². The quantitative estimate of drug-likeness (QED) is 0.707. The van der Waals surface area contributed by atoms with Crippen LogP contribution in [0, 0.1) is 0 Å². The lowest BCUT2D eigenvalue weighted by Gasteiger charge is -2.26. The monoisotopic (exact) mass is 214 g/mol. The Balaban J connectivity index is 1.51. The molecule has 0 aromatic heterocycles. The number of aliphatic hydroxyl groups is 1. The molecule has 1 aliphatic carbocycles. The number of aliphatic hydroxyl groups excluding tert-OH is 1. The molecule has 15 heavy (non-hydrogen) atoms. The molecule has 0 bridgehead atoms. The Morgan fingerprint density at radius 2 is 1.87 bits per heavy atom. The minimum atomic E-state index is -0.227. The summed E-state index contributed by atoms with van der Waals surface area (Å²) in [7, 11) is 0. The molecule has 3 fully saturated rings. The van der Waals surface area contributed by atoms with Crippen molar-refractivity contribution < 1.29 is 19.3 Å². The van der Waals surface area contributed by atoms with Crippen LogP contribution in [0.2, 0.25) is 0 Å². The summed E-state index contributed by atoms with van der Waals surface area (Å²) in [5.41, 5.74) is 0. The largest absolute Gasteiger partial charge is 0.394 e. The second kappa shape index (κ2) is 4.01. The van der Waals surface area contributed by atoms with Crippen molar-refractivity contribution in [3.05, 3.63) is 0 Å². The van der Waals surface area contributed by atoms with E-state index < -0.39 is 0 Å². The molecule has 0 unspecified atom stereocenters. The van der Waals surface area contributed by atoms with Gasteiger partial charge in [0.2, 0.25) is 0 Å². The summed E-state index contributed by atoms with van der Waals surface area (Å²) in [5, 5.41) is 9.03. The molecule has 2 heterocycles. The Bertz CT molecular complexity index is 227. The van der Waals surface area contributed by atoms with E-state index in [4.69, 9.17) is 19.3 Å². The highest BCUT2D eigenvalue weighted by molar-refractivity contribution is 5.00. The average Bonchev–Trinajstić information content (AvgIpc) is 3.00. The van der Waals surface area contributed by atoms with Crippen molar-refractivity contribution in [2.45, 2.75) is 62.8 Å². The van der Waals surface area contributed by atoms with E-state index in [9.17, 15) is 0 Å². The van der Waals surface area contributed by atoms with Crippen molar-refractivity contribution in [2.75, 3.05) is 6.61 Å². The zero-order chi connectivity index (χ0) is 10.3. The summed E-state index contributed by atoms with van der Waals surface area (Å²) >= 11 is 0. The van der Waals surface area contributed by atoms with Crippen LogP contribution in [0.15, 0.2) is 0 Å². The van der Waals surface area contributed by atoms with Crippen LogP contribution in [0.1, 0.15) is 32.1 Å². The molecule has 4 atom stereocenters. The van der Waals surface area contributed by atoms with E-state index >= 15 is 0 Å². The van der Waals surface area contributed by atoms with E-state index in [2.05, 4.69) is 0 Å². The maximum Gasteiger partial charge on any atom is 0.187 e. The summed E-state index contributed by atoms with van der Waals surface area (Å²) in [6.07, 6.45) is 6.25. The first-order chi connectivity index (χ1) is 7.38. The molecule has 3 rings (SSSR count). The molecule has 86 valence electrons. The predicted octanol–water partition coefficient (Wildman–Crippen LogP) is 0.820. The van der Waals surface area contributed by atoms with Gasteiger partial charge in [0.25, 0.3) is 0 Å². The molecule has 3 aliphatic rings. The average molecular weight is 214 g/mol. The van der Waals surface area contributed by atoms with Crippen LogP contribution in [0.25, 0.3) is 0 Å². The van der Waals surface area contributed by atoms with Crippen LogP contribution < -0.4 is 0 Å². The molecule has 4 nitrogen and oxygen atoms in total. The number of ether oxygens (including phenoxy) is 3. The van der Waals surface area contributed by atoms with Gasteiger partial charge < -0.3 is 19.3 Å². The van der Waals surface area contributed by atoms with E-state index in [1.54, 1.807) is 0 Å². The zero-order valence-corrected chi connectivity index (χ0v) is 8.80. The number of fused-ring (bicyclic) bond motifs is 1. The minimum Gasteiger partial charge on any atom is -0.394 e. The molecule has 2 saturated heterocycles. The van der Waals surface area contributed by atoms with Crippen molar-refractivity contribution in [1.29, 1.82) is 0 Å². The summed E-state index contributed by atoms with van der Waals surface area (Å²) in [6, 6.07) is 0. The van der Waals surface area contributed by atoms with Gasteiger partial charge in [-0.3, -0.25) is 0 Å². The lowest BCUT2D eigenvalue weighted by molar-refractivity contribution is -0.205. The third-order valence-corrected chi connectivity index (χ3v) is 3.56. The Hall–Kier alpha value is -0.160. The Labute approximate surface area is 89.5 Å². The lowest BCUT2D eigenvalue weighted by atomic mass is 9.98. The normalized spacial score (nSPS) is 45.4. The molecule has 0 aromatic carbocycles. The minimum absolute atomic E-state index is 0.0334. The third-order valence-electron chi connectivity index (χ3n) is 3.56. The van der Waals surface area contributed by atoms with E-state index in [-0.39, 0.29) is 31.2 Å². The van der Waals surface area contributed by atoms with Gasteiger partial charge in [-0.25, -0.2) is 0 Å². The number of rotatable bonds is 3. The molecular weight excluding hydrogens is 196 g/mol. The Morgan fingerprint density at radius 3 is 2.53 bits per heavy atom. The molecule has 0 amide bonds. The predicted molar refractivity (Wildman–Crippen MR) is 52.4 cm³/mol. The summed E-state index contributed by atoms with van der Waals surface area (Å²) in [5.74, 6) is 0. The fraction of sp³-hybridized carbons (Fsp3) is 1.00. The van der Waals surface area contributed by atoms with E-state index in [0.717, 1.165) is 12.8 Å². The van der Waals surface area contributed by atoms with Crippen molar-refractivity contribution in [3.63, 3.8) is 0 Å². The van der Waals surface area contributed by atoms with Crippen molar-refractivity contribution in [1.82, 2.24) is 0 Å². The Kier molecular flexibility index (Phi) is 2.68. The molecule has 0 radical (unpaired) electrons. The summed E-state index contributed by atoms with van der Waals surface area (Å²) < 4.78 is 16.9. The van der Waals surface area contributed by atoms with Gasteiger partial charge in [-0.05, 0) is 12.8 Å². The molecular formula is C11H18O4. The number of epoxide rings is 1. The first-order valence-electron chi connectivity index (χ1n) is 5.96. The second-order valence-corrected chi connectivity index (χ2v) is 4.69. The zero-order valence-electron chi connectivity index (χ0n) is 8.80. The van der Waals surface area contributed by atoms with Gasteiger partial charge in [-0.15, -0.1) is 0 Å². The van der Waals surface area contributed by atoms with Gasteiger partial charge in [0, 0.05) is 0 Å². The van der Waals surface area contributed by atoms with Gasteiger partial charge in [0.1, 0.15) is 18.3 Å². The molecule has 4 heteroatoms. The van der Waals surface area contributed by atoms with Crippen LogP contribution in [0.4, 0.5) is 0 Å². The molecule has 0 aromatic rings.